The molecule has 3 fully saturated rings. The summed E-state index contributed by atoms with van der Waals surface area (Å²) in [5.41, 5.74) is 11.1. The molecule has 3 N–H and O–H groups in total. The van der Waals surface area contributed by atoms with Crippen molar-refractivity contribution in [1.82, 2.24) is 19.7 Å². The molecule has 7 nitrogen and oxygen atoms in total. The number of carbonyl (C=O) groups excluding carboxylic acids is 1. The zero-order valence-corrected chi connectivity index (χ0v) is 30.8. The van der Waals surface area contributed by atoms with E-state index in [2.05, 4.69) is 48.8 Å². The molecular weight excluding hydrogens is 710 g/mol. The van der Waals surface area contributed by atoms with Crippen LogP contribution in [0.5, 0.6) is 5.75 Å². The summed E-state index contributed by atoms with van der Waals surface area (Å²) in [6, 6.07) is 18.3. The van der Waals surface area contributed by atoms with Crippen molar-refractivity contribution >= 4 is 39.9 Å². The average molecular weight is 757 g/mol. The highest BCUT2D eigenvalue weighted by molar-refractivity contribution is 6.36. The summed E-state index contributed by atoms with van der Waals surface area (Å²) in [5, 5.41) is 5.76. The smallest absolute Gasteiger partial charge is 0.406 e. The highest BCUT2D eigenvalue weighted by Gasteiger charge is 2.44. The number of Topliss-reactive ketones (excluding diaryl/α,β-unsaturated/α-hetero) is 1. The number of likely N-dealkylation sites (tertiary alicyclic amines) is 2. The van der Waals surface area contributed by atoms with Gasteiger partial charge in [0.2, 0.25) is 0 Å². The molecule has 0 aliphatic carbocycles. The third-order valence-electron chi connectivity index (χ3n) is 11.3. The Morgan fingerprint density at radius 2 is 1.58 bits per heavy atom. The van der Waals surface area contributed by atoms with E-state index < -0.39 is 11.9 Å². The number of piperidine rings is 2. The minimum atomic E-state index is -4.75. The van der Waals surface area contributed by atoms with Gasteiger partial charge in [-0.05, 0) is 118 Å². The Hall–Kier alpha value is -3.12. The quantitative estimate of drug-likeness (QED) is 0.142. The van der Waals surface area contributed by atoms with Gasteiger partial charge in [-0.1, -0.05) is 47.5 Å². The molecule has 3 saturated heterocycles. The van der Waals surface area contributed by atoms with Gasteiger partial charge in [0.1, 0.15) is 5.75 Å². The molecule has 0 saturated carbocycles. The largest absolute Gasteiger partial charge is 0.573 e. The number of alkyl halides is 3. The number of ether oxygens (including phenoxy) is 1. The molecule has 52 heavy (non-hydrogen) atoms. The molecule has 0 amide bonds. The van der Waals surface area contributed by atoms with Crippen molar-refractivity contribution in [2.45, 2.75) is 76.5 Å². The number of nitrogens with zero attached hydrogens (tertiary/aromatic N) is 3. The number of unbranched alkanes of at least 4 members (excludes halogenated alkanes) is 1. The third-order valence-corrected chi connectivity index (χ3v) is 12.0. The predicted molar refractivity (Wildman–Crippen MR) is 201 cm³/mol. The standard InChI is InChI=1S/C40H46Cl2F3N5O2/c41-34-4-3-5-35(42)33(34)24-49-26-38(27-49)15-20-48(21-16-38)23-28-7-12-36-31(22-28)32(29-8-10-30(11-9-29)52-40(43,44)45)25-50(36)19-2-1-6-37(51)39(46)13-17-47-18-14-39/h3-5,7-12,22,25,47H,1-2,6,13-21,23-24,26-27,46H2. The van der Waals surface area contributed by atoms with Crippen LogP contribution < -0.4 is 15.8 Å². The van der Waals surface area contributed by atoms with Crippen LogP contribution in [-0.2, 0) is 24.4 Å². The van der Waals surface area contributed by atoms with Crippen molar-refractivity contribution in [3.63, 3.8) is 0 Å². The first-order valence-electron chi connectivity index (χ1n) is 18.3. The van der Waals surface area contributed by atoms with Crippen molar-refractivity contribution in [2.24, 2.45) is 11.1 Å². The number of hydrogen-bond acceptors (Lipinski definition) is 6. The van der Waals surface area contributed by atoms with Gasteiger partial charge in [-0.3, -0.25) is 14.6 Å². The van der Waals surface area contributed by atoms with Crippen molar-refractivity contribution < 1.29 is 22.7 Å². The van der Waals surface area contributed by atoms with Crippen LogP contribution in [0.1, 0.15) is 56.1 Å². The fraction of sp³-hybridized carbons (Fsp3) is 0.475. The van der Waals surface area contributed by atoms with Gasteiger partial charge in [-0.2, -0.15) is 0 Å². The number of nitrogens with two attached hydrogens (primary N) is 1. The van der Waals surface area contributed by atoms with Crippen LogP contribution in [-0.4, -0.2) is 71.3 Å². The summed E-state index contributed by atoms with van der Waals surface area (Å²) in [6.45, 7) is 7.99. The molecule has 4 heterocycles. The molecule has 278 valence electrons. The highest BCUT2D eigenvalue weighted by atomic mass is 35.5. The van der Waals surface area contributed by atoms with Gasteiger partial charge in [-0.15, -0.1) is 13.2 Å². The lowest BCUT2D eigenvalue weighted by atomic mass is 9.72. The predicted octanol–water partition coefficient (Wildman–Crippen LogP) is 8.43. The van der Waals surface area contributed by atoms with Crippen LogP contribution in [0.4, 0.5) is 13.2 Å². The molecule has 7 rings (SSSR count). The first-order chi connectivity index (χ1) is 24.9. The van der Waals surface area contributed by atoms with E-state index in [9.17, 15) is 18.0 Å². The fourth-order valence-corrected chi connectivity index (χ4v) is 8.86. The van der Waals surface area contributed by atoms with E-state index >= 15 is 0 Å². The lowest BCUT2D eigenvalue weighted by Crippen LogP contribution is -2.59. The first-order valence-corrected chi connectivity index (χ1v) is 19.0. The maximum atomic E-state index is 13.0. The Morgan fingerprint density at radius 1 is 0.885 bits per heavy atom. The second kappa shape index (κ2) is 15.3. The molecule has 0 atom stereocenters. The number of hydrogen-bond donors (Lipinski definition) is 2. The van der Waals surface area contributed by atoms with Crippen LogP contribution in [0.3, 0.4) is 0 Å². The molecule has 0 radical (unpaired) electrons. The summed E-state index contributed by atoms with van der Waals surface area (Å²) in [5.74, 6) is -0.111. The molecule has 12 heteroatoms. The number of ketones is 1. The number of rotatable bonds is 12. The van der Waals surface area contributed by atoms with Gasteiger partial charge in [0.25, 0.3) is 0 Å². The first kappa shape index (κ1) is 37.2. The van der Waals surface area contributed by atoms with Gasteiger partial charge >= 0.3 is 6.36 Å². The van der Waals surface area contributed by atoms with Crippen LogP contribution in [0.25, 0.3) is 22.0 Å². The third kappa shape index (κ3) is 8.48. The zero-order valence-electron chi connectivity index (χ0n) is 29.3. The topological polar surface area (TPSA) is 75.8 Å². The summed E-state index contributed by atoms with van der Waals surface area (Å²) in [4.78, 5) is 17.9. The molecule has 1 spiro atoms. The number of nitrogens with one attached hydrogen (secondary N) is 1. The van der Waals surface area contributed by atoms with E-state index in [1.807, 2.05) is 18.2 Å². The number of carbonyl (C=O) groups is 1. The van der Waals surface area contributed by atoms with E-state index in [0.717, 1.165) is 116 Å². The summed E-state index contributed by atoms with van der Waals surface area (Å²) < 4.78 is 44.9. The van der Waals surface area contributed by atoms with Gasteiger partial charge in [0.15, 0.2) is 5.78 Å². The van der Waals surface area contributed by atoms with Crippen LogP contribution in [0, 0.1) is 5.41 Å². The minimum absolute atomic E-state index is 0.137. The molecule has 0 bridgehead atoms. The van der Waals surface area contributed by atoms with Gasteiger partial charge in [-0.25, -0.2) is 0 Å². The van der Waals surface area contributed by atoms with E-state index in [4.69, 9.17) is 28.9 Å². The van der Waals surface area contributed by atoms with Gasteiger partial charge < -0.3 is 20.4 Å². The monoisotopic (exact) mass is 755 g/mol. The summed E-state index contributed by atoms with van der Waals surface area (Å²) in [6.07, 6.45) is 2.95. The lowest BCUT2D eigenvalue weighted by molar-refractivity contribution is -0.274. The van der Waals surface area contributed by atoms with Gasteiger partial charge in [0, 0.05) is 77.4 Å². The average Bonchev–Trinajstić information content (AvgIpc) is 3.45. The van der Waals surface area contributed by atoms with E-state index in [-0.39, 0.29) is 11.5 Å². The molecule has 4 aromatic rings. The second-order valence-electron chi connectivity index (χ2n) is 15.1. The van der Waals surface area contributed by atoms with E-state index in [1.165, 1.54) is 17.7 Å². The Labute approximate surface area is 313 Å². The fourth-order valence-electron chi connectivity index (χ4n) is 8.34. The molecule has 3 aliphatic rings. The Balaban J connectivity index is 1.01. The highest BCUT2D eigenvalue weighted by Crippen LogP contribution is 2.42. The maximum Gasteiger partial charge on any atom is 0.573 e. The second-order valence-corrected chi connectivity index (χ2v) is 15.9. The van der Waals surface area contributed by atoms with Crippen molar-refractivity contribution in [2.75, 3.05) is 39.3 Å². The Bertz CT molecular complexity index is 1850. The SMILES string of the molecule is NC1(C(=O)CCCCn2cc(-c3ccc(OC(F)(F)F)cc3)c3cc(CN4CCC5(CC4)CN(Cc4c(Cl)cccc4Cl)C5)ccc32)CCNCC1. The van der Waals surface area contributed by atoms with Gasteiger partial charge in [0.05, 0.1) is 5.54 Å². The molecule has 3 aliphatic heterocycles. The van der Waals surface area contributed by atoms with Crippen LogP contribution >= 0.6 is 23.2 Å². The number of fused-ring (bicyclic) bond motifs is 1. The lowest BCUT2D eigenvalue weighted by Gasteiger charge is -2.54. The molecular formula is C40H46Cl2F3N5O2. The summed E-state index contributed by atoms with van der Waals surface area (Å²) >= 11 is 12.9. The Kier molecular flexibility index (Phi) is 11.0. The van der Waals surface area contributed by atoms with Crippen LogP contribution in [0.15, 0.2) is 66.9 Å². The van der Waals surface area contributed by atoms with E-state index in [0.29, 0.717) is 31.2 Å². The summed E-state index contributed by atoms with van der Waals surface area (Å²) in [7, 11) is 0. The van der Waals surface area contributed by atoms with E-state index in [1.54, 1.807) is 12.1 Å². The van der Waals surface area contributed by atoms with Crippen molar-refractivity contribution in [1.29, 1.82) is 0 Å². The number of halogens is 5. The minimum Gasteiger partial charge on any atom is -0.406 e. The van der Waals surface area contributed by atoms with Crippen molar-refractivity contribution in [3.05, 3.63) is 88.0 Å². The zero-order chi connectivity index (χ0) is 36.5. The molecule has 0 unspecified atom stereocenters. The maximum absolute atomic E-state index is 13.0. The normalized spacial score (nSPS) is 19.2. The van der Waals surface area contributed by atoms with Crippen molar-refractivity contribution in [3.8, 4) is 16.9 Å². The number of benzene rings is 3. The number of aryl methyl sites for hydroxylation is 1. The molecule has 1 aromatic heterocycles. The van der Waals surface area contributed by atoms with Crippen LogP contribution in [0.2, 0.25) is 10.0 Å². The molecule has 3 aromatic carbocycles. The Morgan fingerprint density at radius 3 is 2.25 bits per heavy atom. The number of aromatic nitrogens is 1.